The van der Waals surface area contributed by atoms with E-state index in [4.69, 9.17) is 0 Å². The first-order valence-corrected chi connectivity index (χ1v) is 5.39. The zero-order valence-electron chi connectivity index (χ0n) is 9.17. The summed E-state index contributed by atoms with van der Waals surface area (Å²) in [6.07, 6.45) is 4.28. The van der Waals surface area contributed by atoms with E-state index in [2.05, 4.69) is 10.3 Å². The summed E-state index contributed by atoms with van der Waals surface area (Å²) in [5, 5.41) is 7.32. The molecule has 1 saturated carbocycles. The van der Waals surface area contributed by atoms with E-state index in [-0.39, 0.29) is 18.1 Å². The SMILES string of the molecule is CCN(C(=O)Cn1cc(C=O)nn1)C1CC1. The van der Waals surface area contributed by atoms with Gasteiger partial charge in [0.1, 0.15) is 12.2 Å². The lowest BCUT2D eigenvalue weighted by Crippen LogP contribution is -2.35. The summed E-state index contributed by atoms with van der Waals surface area (Å²) in [5.41, 5.74) is 0.252. The van der Waals surface area contributed by atoms with E-state index in [1.54, 1.807) is 0 Å². The van der Waals surface area contributed by atoms with Gasteiger partial charge < -0.3 is 4.90 Å². The van der Waals surface area contributed by atoms with Crippen molar-refractivity contribution in [1.29, 1.82) is 0 Å². The molecule has 1 fully saturated rings. The number of amides is 1. The first-order valence-electron chi connectivity index (χ1n) is 5.39. The van der Waals surface area contributed by atoms with Crippen LogP contribution in [0.25, 0.3) is 0 Å². The Labute approximate surface area is 93.2 Å². The van der Waals surface area contributed by atoms with E-state index in [1.165, 1.54) is 10.9 Å². The van der Waals surface area contributed by atoms with Gasteiger partial charge in [-0.05, 0) is 19.8 Å². The first kappa shape index (κ1) is 10.8. The molecule has 0 bridgehead atoms. The van der Waals surface area contributed by atoms with Crippen LogP contribution in [0.15, 0.2) is 6.20 Å². The topological polar surface area (TPSA) is 68.1 Å². The maximum absolute atomic E-state index is 11.9. The number of aldehydes is 1. The molecule has 1 aromatic rings. The predicted molar refractivity (Wildman–Crippen MR) is 55.8 cm³/mol. The molecule has 0 saturated heterocycles. The Bertz CT molecular complexity index is 397. The molecule has 0 aliphatic heterocycles. The van der Waals surface area contributed by atoms with Crippen molar-refractivity contribution in [2.45, 2.75) is 32.4 Å². The Morgan fingerprint density at radius 1 is 1.69 bits per heavy atom. The third kappa shape index (κ3) is 2.26. The normalized spacial score (nSPS) is 14.8. The quantitative estimate of drug-likeness (QED) is 0.663. The molecule has 0 atom stereocenters. The second-order valence-electron chi connectivity index (χ2n) is 3.87. The molecule has 86 valence electrons. The number of hydrogen-bond acceptors (Lipinski definition) is 4. The largest absolute Gasteiger partial charge is 0.338 e. The van der Waals surface area contributed by atoms with Crippen molar-refractivity contribution < 1.29 is 9.59 Å². The van der Waals surface area contributed by atoms with Gasteiger partial charge in [0.05, 0.1) is 6.20 Å². The van der Waals surface area contributed by atoms with Crippen molar-refractivity contribution in [3.8, 4) is 0 Å². The molecule has 1 aliphatic rings. The van der Waals surface area contributed by atoms with Crippen LogP contribution in [-0.2, 0) is 11.3 Å². The summed E-state index contributed by atoms with van der Waals surface area (Å²) in [7, 11) is 0. The number of aromatic nitrogens is 3. The molecule has 6 heteroatoms. The second kappa shape index (κ2) is 4.42. The number of nitrogens with zero attached hydrogens (tertiary/aromatic N) is 4. The lowest BCUT2D eigenvalue weighted by molar-refractivity contribution is -0.132. The zero-order chi connectivity index (χ0) is 11.5. The Balaban J connectivity index is 1.97. The fourth-order valence-electron chi connectivity index (χ4n) is 1.70. The lowest BCUT2D eigenvalue weighted by Gasteiger charge is -2.19. The van der Waals surface area contributed by atoms with Gasteiger partial charge in [0.15, 0.2) is 6.29 Å². The Kier molecular flexibility index (Phi) is 2.98. The number of hydrogen-bond donors (Lipinski definition) is 0. The van der Waals surface area contributed by atoms with Gasteiger partial charge in [0.25, 0.3) is 0 Å². The number of rotatable bonds is 5. The number of carbonyl (C=O) groups is 2. The van der Waals surface area contributed by atoms with Crippen LogP contribution < -0.4 is 0 Å². The first-order chi connectivity index (χ1) is 7.74. The second-order valence-corrected chi connectivity index (χ2v) is 3.87. The molecule has 1 aliphatic carbocycles. The summed E-state index contributed by atoms with van der Waals surface area (Å²) in [6.45, 7) is 2.85. The minimum absolute atomic E-state index is 0.0346. The summed E-state index contributed by atoms with van der Waals surface area (Å²) >= 11 is 0. The van der Waals surface area contributed by atoms with Gasteiger partial charge in [-0.15, -0.1) is 5.10 Å². The standard InChI is InChI=1S/C10H14N4O2/c1-2-14(9-3-4-9)10(16)6-13-5-8(7-15)11-12-13/h5,7,9H,2-4,6H2,1H3. The van der Waals surface area contributed by atoms with Crippen molar-refractivity contribution in [3.63, 3.8) is 0 Å². The molecule has 6 nitrogen and oxygen atoms in total. The summed E-state index contributed by atoms with van der Waals surface area (Å²) < 4.78 is 1.40. The molecular formula is C10H14N4O2. The van der Waals surface area contributed by atoms with E-state index >= 15 is 0 Å². The highest BCUT2D eigenvalue weighted by atomic mass is 16.2. The molecule has 1 amide bonds. The fraction of sp³-hybridized carbons (Fsp3) is 0.600. The van der Waals surface area contributed by atoms with Gasteiger partial charge in [-0.25, -0.2) is 4.68 Å². The van der Waals surface area contributed by atoms with E-state index < -0.39 is 0 Å². The Morgan fingerprint density at radius 3 is 2.94 bits per heavy atom. The van der Waals surface area contributed by atoms with Crippen molar-refractivity contribution >= 4 is 12.2 Å². The van der Waals surface area contributed by atoms with Crippen molar-refractivity contribution in [1.82, 2.24) is 19.9 Å². The highest BCUT2D eigenvalue weighted by molar-refractivity contribution is 5.77. The van der Waals surface area contributed by atoms with Crippen LogP contribution in [0.1, 0.15) is 30.3 Å². The van der Waals surface area contributed by atoms with Crippen molar-refractivity contribution in [2.24, 2.45) is 0 Å². The third-order valence-corrected chi connectivity index (χ3v) is 2.62. The Hall–Kier alpha value is -1.72. The maximum atomic E-state index is 11.9. The summed E-state index contributed by atoms with van der Waals surface area (Å²) in [5.74, 6) is 0.0346. The monoisotopic (exact) mass is 222 g/mol. The molecule has 0 N–H and O–H groups in total. The van der Waals surface area contributed by atoms with Crippen molar-refractivity contribution in [3.05, 3.63) is 11.9 Å². The zero-order valence-corrected chi connectivity index (χ0v) is 9.17. The molecule has 0 aromatic carbocycles. The molecule has 0 spiro atoms. The van der Waals surface area contributed by atoms with Gasteiger partial charge in [0, 0.05) is 12.6 Å². The molecule has 16 heavy (non-hydrogen) atoms. The summed E-state index contributed by atoms with van der Waals surface area (Å²) in [6, 6.07) is 0.409. The van der Waals surface area contributed by atoms with Crippen LogP contribution >= 0.6 is 0 Å². The van der Waals surface area contributed by atoms with Crippen molar-refractivity contribution in [2.75, 3.05) is 6.54 Å². The van der Waals surface area contributed by atoms with Gasteiger partial charge in [0.2, 0.25) is 5.91 Å². The van der Waals surface area contributed by atoms with Gasteiger partial charge in [-0.1, -0.05) is 5.21 Å². The van der Waals surface area contributed by atoms with Gasteiger partial charge in [-0.3, -0.25) is 9.59 Å². The lowest BCUT2D eigenvalue weighted by atomic mass is 10.4. The fourth-order valence-corrected chi connectivity index (χ4v) is 1.70. The minimum atomic E-state index is 0.0346. The predicted octanol–water partition coefficient (Wildman–Crippen LogP) is 0.101. The summed E-state index contributed by atoms with van der Waals surface area (Å²) in [4.78, 5) is 24.1. The van der Waals surface area contributed by atoms with Crippen LogP contribution in [0.5, 0.6) is 0 Å². The molecular weight excluding hydrogens is 208 g/mol. The molecule has 0 radical (unpaired) electrons. The Morgan fingerprint density at radius 2 is 2.44 bits per heavy atom. The smallest absolute Gasteiger partial charge is 0.244 e. The molecule has 0 unspecified atom stereocenters. The molecule has 1 heterocycles. The van der Waals surface area contributed by atoms with Crippen LogP contribution in [-0.4, -0.2) is 44.7 Å². The molecule has 2 rings (SSSR count). The maximum Gasteiger partial charge on any atom is 0.244 e. The van der Waals surface area contributed by atoms with E-state index in [1.807, 2.05) is 11.8 Å². The van der Waals surface area contributed by atoms with Gasteiger partial charge >= 0.3 is 0 Å². The average Bonchev–Trinajstić information content (AvgIpc) is 2.99. The van der Waals surface area contributed by atoms with Crippen LogP contribution in [0.4, 0.5) is 0 Å². The van der Waals surface area contributed by atoms with Gasteiger partial charge in [-0.2, -0.15) is 0 Å². The molecule has 1 aromatic heterocycles. The highest BCUT2D eigenvalue weighted by Gasteiger charge is 2.31. The average molecular weight is 222 g/mol. The van der Waals surface area contributed by atoms with E-state index in [0.717, 1.165) is 19.4 Å². The van der Waals surface area contributed by atoms with Crippen LogP contribution in [0.2, 0.25) is 0 Å². The van der Waals surface area contributed by atoms with Crippen LogP contribution in [0, 0.1) is 0 Å². The minimum Gasteiger partial charge on any atom is -0.338 e. The highest BCUT2D eigenvalue weighted by Crippen LogP contribution is 2.26. The van der Waals surface area contributed by atoms with E-state index in [0.29, 0.717) is 12.3 Å². The van der Waals surface area contributed by atoms with Crippen LogP contribution in [0.3, 0.4) is 0 Å². The third-order valence-electron chi connectivity index (χ3n) is 2.62. The number of carbonyl (C=O) groups excluding carboxylic acids is 2. The van der Waals surface area contributed by atoms with E-state index in [9.17, 15) is 9.59 Å². The number of likely N-dealkylation sites (N-methyl/N-ethyl adjacent to an activating group) is 1.